The van der Waals surface area contributed by atoms with E-state index in [0.717, 1.165) is 0 Å². The van der Waals surface area contributed by atoms with E-state index >= 15 is 0 Å². The van der Waals surface area contributed by atoms with Crippen molar-refractivity contribution < 1.29 is 22.6 Å². The predicted octanol–water partition coefficient (Wildman–Crippen LogP) is 3.58. The molecular weight excluding hydrogens is 325 g/mol. The number of rotatable bonds is 5. The Balaban J connectivity index is 1.90. The zero-order chi connectivity index (χ0) is 17.2. The van der Waals surface area contributed by atoms with Crippen LogP contribution in [0.3, 0.4) is 0 Å². The monoisotopic (exact) mass is 338 g/mol. The molecule has 3 rings (SSSR count). The summed E-state index contributed by atoms with van der Waals surface area (Å²) in [5.74, 6) is 0.236. The van der Waals surface area contributed by atoms with Crippen molar-refractivity contribution in [2.45, 2.75) is 19.6 Å². The maximum atomic E-state index is 12.4. The van der Waals surface area contributed by atoms with Crippen LogP contribution in [0.1, 0.15) is 6.92 Å². The lowest BCUT2D eigenvalue weighted by molar-refractivity contribution is -0.153. The van der Waals surface area contributed by atoms with Crippen molar-refractivity contribution >= 4 is 11.2 Å². The second-order valence-electron chi connectivity index (χ2n) is 4.83. The van der Waals surface area contributed by atoms with Crippen molar-refractivity contribution in [1.82, 2.24) is 19.5 Å². The number of aromatic nitrogens is 4. The fourth-order valence-electron chi connectivity index (χ4n) is 2.08. The van der Waals surface area contributed by atoms with Crippen LogP contribution in [0.5, 0.6) is 17.4 Å². The molecule has 2 aromatic heterocycles. The van der Waals surface area contributed by atoms with Gasteiger partial charge in [-0.3, -0.25) is 0 Å². The Labute approximate surface area is 134 Å². The molecule has 0 radical (unpaired) electrons. The number of ether oxygens (including phenoxy) is 2. The molecule has 0 aliphatic carbocycles. The van der Waals surface area contributed by atoms with Crippen molar-refractivity contribution in [3.63, 3.8) is 0 Å². The van der Waals surface area contributed by atoms with Crippen LogP contribution in [0.15, 0.2) is 36.9 Å². The van der Waals surface area contributed by atoms with E-state index in [1.54, 1.807) is 23.0 Å². The molecule has 0 N–H and O–H groups in total. The average Bonchev–Trinajstić information content (AvgIpc) is 2.97. The topological polar surface area (TPSA) is 62.1 Å². The molecule has 0 saturated heterocycles. The van der Waals surface area contributed by atoms with Gasteiger partial charge in [-0.2, -0.15) is 18.2 Å². The number of para-hydroxylation sites is 2. The normalized spacial score (nSPS) is 11.7. The van der Waals surface area contributed by atoms with Gasteiger partial charge in [0.05, 0.1) is 6.33 Å². The van der Waals surface area contributed by atoms with Crippen LogP contribution in [0.4, 0.5) is 13.2 Å². The lowest BCUT2D eigenvalue weighted by Crippen LogP contribution is -2.19. The van der Waals surface area contributed by atoms with E-state index in [4.69, 9.17) is 9.47 Å². The summed E-state index contributed by atoms with van der Waals surface area (Å²) in [5, 5.41) is 0. The smallest absolute Gasteiger partial charge is 0.422 e. The maximum Gasteiger partial charge on any atom is 0.422 e. The SMILES string of the molecule is CCn1cnc2c(Oc3ccccc3OCC(F)(F)F)ncnc21. The van der Waals surface area contributed by atoms with Crippen LogP contribution in [0.2, 0.25) is 0 Å². The van der Waals surface area contributed by atoms with E-state index < -0.39 is 12.8 Å². The number of aryl methyl sites for hydroxylation is 1. The second kappa shape index (κ2) is 6.34. The number of hydrogen-bond donors (Lipinski definition) is 0. The third-order valence-corrected chi connectivity index (χ3v) is 3.16. The average molecular weight is 338 g/mol. The fourth-order valence-corrected chi connectivity index (χ4v) is 2.08. The molecule has 9 heteroatoms. The Morgan fingerprint density at radius 1 is 1.08 bits per heavy atom. The number of fused-ring (bicyclic) bond motifs is 1. The Morgan fingerprint density at radius 3 is 2.54 bits per heavy atom. The summed E-state index contributed by atoms with van der Waals surface area (Å²) in [7, 11) is 0. The molecular formula is C15H13F3N4O2. The highest BCUT2D eigenvalue weighted by Crippen LogP contribution is 2.33. The summed E-state index contributed by atoms with van der Waals surface area (Å²) in [6.45, 7) is 1.19. The largest absolute Gasteiger partial charge is 0.480 e. The Morgan fingerprint density at radius 2 is 1.83 bits per heavy atom. The zero-order valence-corrected chi connectivity index (χ0v) is 12.6. The molecule has 0 fully saturated rings. The van der Waals surface area contributed by atoms with E-state index in [1.807, 2.05) is 6.92 Å². The summed E-state index contributed by atoms with van der Waals surface area (Å²) in [5.41, 5.74) is 1.00. The molecule has 0 bridgehead atoms. The van der Waals surface area contributed by atoms with Gasteiger partial charge in [-0.1, -0.05) is 12.1 Å². The summed E-state index contributed by atoms with van der Waals surface area (Å²) in [6, 6.07) is 6.07. The molecule has 0 atom stereocenters. The lowest BCUT2D eigenvalue weighted by atomic mass is 10.3. The molecule has 6 nitrogen and oxygen atoms in total. The number of halogens is 3. The maximum absolute atomic E-state index is 12.4. The molecule has 0 spiro atoms. The number of nitrogens with zero attached hydrogens (tertiary/aromatic N) is 4. The first-order valence-corrected chi connectivity index (χ1v) is 7.10. The molecule has 0 aliphatic rings. The van der Waals surface area contributed by atoms with Gasteiger partial charge in [-0.05, 0) is 19.1 Å². The van der Waals surface area contributed by atoms with Crippen molar-refractivity contribution in [3.05, 3.63) is 36.9 Å². The van der Waals surface area contributed by atoms with Gasteiger partial charge in [0.2, 0.25) is 0 Å². The summed E-state index contributed by atoms with van der Waals surface area (Å²) >= 11 is 0. The van der Waals surface area contributed by atoms with E-state index in [-0.39, 0.29) is 17.4 Å². The molecule has 1 aromatic carbocycles. The van der Waals surface area contributed by atoms with Gasteiger partial charge in [0.25, 0.3) is 5.88 Å². The van der Waals surface area contributed by atoms with Gasteiger partial charge in [0.15, 0.2) is 29.3 Å². The summed E-state index contributed by atoms with van der Waals surface area (Å²) in [6.07, 6.45) is -1.53. The quantitative estimate of drug-likeness (QED) is 0.711. The van der Waals surface area contributed by atoms with Crippen LogP contribution < -0.4 is 9.47 Å². The van der Waals surface area contributed by atoms with Crippen LogP contribution >= 0.6 is 0 Å². The van der Waals surface area contributed by atoms with Crippen molar-refractivity contribution in [1.29, 1.82) is 0 Å². The van der Waals surface area contributed by atoms with E-state index in [9.17, 15) is 13.2 Å². The third-order valence-electron chi connectivity index (χ3n) is 3.16. The lowest BCUT2D eigenvalue weighted by Gasteiger charge is -2.13. The molecule has 0 aliphatic heterocycles. The predicted molar refractivity (Wildman–Crippen MR) is 79.1 cm³/mol. The zero-order valence-electron chi connectivity index (χ0n) is 12.6. The number of benzene rings is 1. The minimum atomic E-state index is -4.44. The molecule has 0 amide bonds. The molecule has 0 saturated carbocycles. The van der Waals surface area contributed by atoms with Gasteiger partial charge >= 0.3 is 6.18 Å². The van der Waals surface area contributed by atoms with Crippen LogP contribution in [-0.2, 0) is 6.54 Å². The molecule has 3 aromatic rings. The Hall–Kier alpha value is -2.84. The van der Waals surface area contributed by atoms with Crippen molar-refractivity contribution in [2.24, 2.45) is 0 Å². The van der Waals surface area contributed by atoms with Crippen LogP contribution in [0, 0.1) is 0 Å². The Kier molecular flexibility index (Phi) is 4.24. The van der Waals surface area contributed by atoms with Gasteiger partial charge in [0.1, 0.15) is 6.33 Å². The van der Waals surface area contributed by atoms with E-state index in [2.05, 4.69) is 15.0 Å². The van der Waals surface area contributed by atoms with E-state index in [1.165, 1.54) is 18.5 Å². The van der Waals surface area contributed by atoms with Crippen LogP contribution in [0.25, 0.3) is 11.2 Å². The highest BCUT2D eigenvalue weighted by atomic mass is 19.4. The van der Waals surface area contributed by atoms with Gasteiger partial charge in [-0.15, -0.1) is 0 Å². The minimum Gasteiger partial charge on any atom is -0.480 e. The Bertz CT molecular complexity index is 848. The molecule has 0 unspecified atom stereocenters. The van der Waals surface area contributed by atoms with E-state index in [0.29, 0.717) is 17.7 Å². The third kappa shape index (κ3) is 3.39. The first-order chi connectivity index (χ1) is 11.5. The molecule has 2 heterocycles. The van der Waals surface area contributed by atoms with Gasteiger partial charge in [0, 0.05) is 6.54 Å². The standard InChI is InChI=1S/C15H13F3N4O2/c1-2-22-9-21-12-13(22)19-8-20-14(12)24-11-6-4-3-5-10(11)23-7-15(16,17)18/h3-6,8-9H,2,7H2,1H3. The van der Waals surface area contributed by atoms with Crippen molar-refractivity contribution in [2.75, 3.05) is 6.61 Å². The number of imidazole rings is 1. The molecule has 126 valence electrons. The van der Waals surface area contributed by atoms with Gasteiger partial charge in [-0.25, -0.2) is 9.97 Å². The fraction of sp³-hybridized carbons (Fsp3) is 0.267. The summed E-state index contributed by atoms with van der Waals surface area (Å²) in [4.78, 5) is 12.3. The first-order valence-electron chi connectivity index (χ1n) is 7.10. The number of hydrogen-bond acceptors (Lipinski definition) is 5. The number of alkyl halides is 3. The van der Waals surface area contributed by atoms with Gasteiger partial charge < -0.3 is 14.0 Å². The summed E-state index contributed by atoms with van der Waals surface area (Å²) < 4.78 is 49.3. The highest BCUT2D eigenvalue weighted by Gasteiger charge is 2.29. The molecule has 24 heavy (non-hydrogen) atoms. The second-order valence-corrected chi connectivity index (χ2v) is 4.83. The first kappa shape index (κ1) is 16.0. The van der Waals surface area contributed by atoms with Crippen LogP contribution in [-0.4, -0.2) is 32.3 Å². The highest BCUT2D eigenvalue weighted by molar-refractivity contribution is 5.76. The van der Waals surface area contributed by atoms with Crippen molar-refractivity contribution in [3.8, 4) is 17.4 Å². The minimum absolute atomic E-state index is 0.0310.